The second kappa shape index (κ2) is 8.12. The Morgan fingerprint density at radius 1 is 1.07 bits per heavy atom. The van der Waals surface area contributed by atoms with E-state index in [4.69, 9.17) is 0 Å². The molecule has 28 heavy (non-hydrogen) atoms. The van der Waals surface area contributed by atoms with Crippen LogP contribution >= 0.6 is 0 Å². The number of fused-ring (bicyclic) bond motifs is 1. The molecule has 0 fully saturated rings. The fourth-order valence-electron chi connectivity index (χ4n) is 3.02. The van der Waals surface area contributed by atoms with Gasteiger partial charge in [-0.05, 0) is 48.4 Å². The summed E-state index contributed by atoms with van der Waals surface area (Å²) in [4.78, 5) is 37.9. The van der Waals surface area contributed by atoms with Crippen LogP contribution in [0.4, 0.5) is 22.7 Å². The van der Waals surface area contributed by atoms with E-state index in [0.717, 1.165) is 5.69 Å². The molecule has 0 saturated heterocycles. The van der Waals surface area contributed by atoms with Crippen molar-refractivity contribution in [2.24, 2.45) is 5.92 Å². The molecule has 0 unspecified atom stereocenters. The van der Waals surface area contributed by atoms with Crippen LogP contribution in [0.25, 0.3) is 0 Å². The van der Waals surface area contributed by atoms with Crippen LogP contribution in [0.15, 0.2) is 42.5 Å². The average Bonchev–Trinajstić information content (AvgIpc) is 2.62. The average molecular weight is 380 g/mol. The van der Waals surface area contributed by atoms with E-state index in [0.29, 0.717) is 41.5 Å². The molecule has 3 rings (SSSR count). The van der Waals surface area contributed by atoms with Gasteiger partial charge < -0.3 is 20.9 Å². The van der Waals surface area contributed by atoms with E-state index in [2.05, 4.69) is 16.0 Å². The van der Waals surface area contributed by atoms with Gasteiger partial charge in [-0.15, -0.1) is 0 Å². The summed E-state index contributed by atoms with van der Waals surface area (Å²) in [7, 11) is 1.83. The van der Waals surface area contributed by atoms with Crippen molar-refractivity contribution in [1.29, 1.82) is 0 Å². The lowest BCUT2D eigenvalue weighted by atomic mass is 10.1. The number of likely N-dealkylation sites (N-methyl/N-ethyl adjacent to an activating group) is 1. The van der Waals surface area contributed by atoms with Crippen LogP contribution < -0.4 is 20.9 Å². The normalized spacial score (nSPS) is 13.0. The van der Waals surface area contributed by atoms with E-state index in [9.17, 15) is 14.4 Å². The monoisotopic (exact) mass is 380 g/mol. The molecule has 0 aromatic heterocycles. The van der Waals surface area contributed by atoms with Crippen LogP contribution in [0.5, 0.6) is 0 Å². The molecule has 0 atom stereocenters. The maximum absolute atomic E-state index is 12.5. The van der Waals surface area contributed by atoms with Gasteiger partial charge in [0.05, 0.1) is 17.9 Å². The first-order valence-electron chi connectivity index (χ1n) is 9.18. The highest BCUT2D eigenvalue weighted by Gasteiger charge is 2.20. The summed E-state index contributed by atoms with van der Waals surface area (Å²) in [5.41, 5.74) is 3.24. The molecule has 0 aliphatic carbocycles. The smallest absolute Gasteiger partial charge is 0.255 e. The predicted molar refractivity (Wildman–Crippen MR) is 111 cm³/mol. The quantitative estimate of drug-likeness (QED) is 0.742. The van der Waals surface area contributed by atoms with Crippen LogP contribution in [0.3, 0.4) is 0 Å². The van der Waals surface area contributed by atoms with Crippen LogP contribution in [0.1, 0.15) is 30.6 Å². The lowest BCUT2D eigenvalue weighted by Gasteiger charge is -2.27. The minimum Gasteiger partial charge on any atom is -0.364 e. The SMILES string of the molecule is CC(C)CC(=O)Nc1ccc(NC(=O)c2ccc3c(c2)NC(=O)CN3C)cc1. The first kappa shape index (κ1) is 19.4. The zero-order valence-electron chi connectivity index (χ0n) is 16.2. The Morgan fingerprint density at radius 3 is 2.36 bits per heavy atom. The van der Waals surface area contributed by atoms with Gasteiger partial charge in [0.25, 0.3) is 5.91 Å². The third-order valence-corrected chi connectivity index (χ3v) is 4.35. The van der Waals surface area contributed by atoms with Gasteiger partial charge in [0.1, 0.15) is 0 Å². The molecule has 146 valence electrons. The van der Waals surface area contributed by atoms with Crippen molar-refractivity contribution in [2.45, 2.75) is 20.3 Å². The number of carbonyl (C=O) groups is 3. The lowest BCUT2D eigenvalue weighted by molar-refractivity contribution is -0.117. The summed E-state index contributed by atoms with van der Waals surface area (Å²) in [5, 5.41) is 8.44. The molecule has 3 amide bonds. The second-order valence-corrected chi connectivity index (χ2v) is 7.31. The molecular weight excluding hydrogens is 356 g/mol. The van der Waals surface area contributed by atoms with Crippen LogP contribution in [0.2, 0.25) is 0 Å². The van der Waals surface area contributed by atoms with Crippen molar-refractivity contribution < 1.29 is 14.4 Å². The highest BCUT2D eigenvalue weighted by molar-refractivity contribution is 6.08. The molecule has 1 aliphatic heterocycles. The summed E-state index contributed by atoms with van der Waals surface area (Å²) in [6.45, 7) is 4.27. The number of rotatable bonds is 5. The van der Waals surface area contributed by atoms with Gasteiger partial charge >= 0.3 is 0 Å². The molecule has 0 radical (unpaired) electrons. The van der Waals surface area contributed by atoms with Crippen molar-refractivity contribution in [3.8, 4) is 0 Å². The molecule has 2 aromatic carbocycles. The van der Waals surface area contributed by atoms with Crippen molar-refractivity contribution >= 4 is 40.5 Å². The molecule has 7 nitrogen and oxygen atoms in total. The Kier molecular flexibility index (Phi) is 5.63. The Morgan fingerprint density at radius 2 is 1.71 bits per heavy atom. The van der Waals surface area contributed by atoms with Gasteiger partial charge in [-0.3, -0.25) is 14.4 Å². The van der Waals surface area contributed by atoms with E-state index >= 15 is 0 Å². The van der Waals surface area contributed by atoms with E-state index in [1.807, 2.05) is 31.9 Å². The zero-order valence-corrected chi connectivity index (χ0v) is 16.2. The fourth-order valence-corrected chi connectivity index (χ4v) is 3.02. The number of anilines is 4. The van der Waals surface area contributed by atoms with Gasteiger partial charge in [-0.2, -0.15) is 0 Å². The molecule has 7 heteroatoms. The summed E-state index contributed by atoms with van der Waals surface area (Å²) in [6.07, 6.45) is 0.461. The van der Waals surface area contributed by atoms with Crippen LogP contribution in [0, 0.1) is 5.92 Å². The van der Waals surface area contributed by atoms with Crippen molar-refractivity contribution in [2.75, 3.05) is 34.4 Å². The van der Waals surface area contributed by atoms with Crippen LogP contribution in [-0.4, -0.2) is 31.3 Å². The van der Waals surface area contributed by atoms with Crippen molar-refractivity contribution in [3.05, 3.63) is 48.0 Å². The van der Waals surface area contributed by atoms with E-state index in [1.165, 1.54) is 0 Å². The van der Waals surface area contributed by atoms with Gasteiger partial charge in [-0.25, -0.2) is 0 Å². The fraction of sp³-hybridized carbons (Fsp3) is 0.286. The minimum absolute atomic E-state index is 0.0344. The third-order valence-electron chi connectivity index (χ3n) is 4.35. The molecule has 1 heterocycles. The van der Waals surface area contributed by atoms with Gasteiger partial charge in [0, 0.05) is 30.4 Å². The second-order valence-electron chi connectivity index (χ2n) is 7.31. The third kappa shape index (κ3) is 4.68. The highest BCUT2D eigenvalue weighted by atomic mass is 16.2. The minimum atomic E-state index is -0.276. The van der Waals surface area contributed by atoms with Crippen molar-refractivity contribution in [3.63, 3.8) is 0 Å². The van der Waals surface area contributed by atoms with Gasteiger partial charge in [0.15, 0.2) is 0 Å². The van der Waals surface area contributed by atoms with Gasteiger partial charge in [0.2, 0.25) is 11.8 Å². The van der Waals surface area contributed by atoms with Gasteiger partial charge in [-0.1, -0.05) is 13.8 Å². The molecule has 0 bridgehead atoms. The zero-order chi connectivity index (χ0) is 20.3. The number of benzene rings is 2. The standard InChI is InChI=1S/C21H24N4O3/c1-13(2)10-19(26)22-15-5-7-16(8-6-15)23-21(28)14-4-9-18-17(11-14)24-20(27)12-25(18)3/h4-9,11,13H,10,12H2,1-3H3,(H,22,26)(H,23,28)(H,24,27). The number of carbonyl (C=O) groups excluding carboxylic acids is 3. The predicted octanol–water partition coefficient (Wildman–Crippen LogP) is 3.31. The Hall–Kier alpha value is -3.35. The van der Waals surface area contributed by atoms with E-state index < -0.39 is 0 Å². The Labute approximate surface area is 164 Å². The summed E-state index contributed by atoms with van der Waals surface area (Å²) in [6, 6.07) is 12.2. The molecular formula is C21H24N4O3. The molecule has 3 N–H and O–H groups in total. The van der Waals surface area contributed by atoms with E-state index in [-0.39, 0.29) is 17.7 Å². The number of amides is 3. The summed E-state index contributed by atoms with van der Waals surface area (Å²) < 4.78 is 0. The maximum atomic E-state index is 12.5. The summed E-state index contributed by atoms with van der Waals surface area (Å²) in [5.74, 6) is -0.128. The number of nitrogens with one attached hydrogen (secondary N) is 3. The van der Waals surface area contributed by atoms with Crippen LogP contribution in [-0.2, 0) is 9.59 Å². The first-order valence-corrected chi connectivity index (χ1v) is 9.18. The van der Waals surface area contributed by atoms with E-state index in [1.54, 1.807) is 36.4 Å². The topological polar surface area (TPSA) is 90.5 Å². The summed E-state index contributed by atoms with van der Waals surface area (Å²) >= 11 is 0. The Balaban J connectivity index is 1.66. The van der Waals surface area contributed by atoms with Crippen molar-refractivity contribution in [1.82, 2.24) is 0 Å². The molecule has 0 saturated carbocycles. The molecule has 2 aromatic rings. The number of hydrogen-bond donors (Lipinski definition) is 3. The largest absolute Gasteiger partial charge is 0.364 e. The maximum Gasteiger partial charge on any atom is 0.255 e. The number of hydrogen-bond acceptors (Lipinski definition) is 4. The molecule has 1 aliphatic rings. The highest BCUT2D eigenvalue weighted by Crippen LogP contribution is 2.29. The number of nitrogens with zero attached hydrogens (tertiary/aromatic N) is 1. The molecule has 0 spiro atoms. The lowest BCUT2D eigenvalue weighted by Crippen LogP contribution is -2.35. The first-order chi connectivity index (χ1) is 13.3. The Bertz CT molecular complexity index is 906.